The van der Waals surface area contributed by atoms with E-state index in [1.54, 1.807) is 0 Å². The number of aliphatic carboxylic acids is 2. The molecule has 2 aromatic rings. The van der Waals surface area contributed by atoms with Gasteiger partial charge in [-0.05, 0) is 80.7 Å². The first-order valence-corrected chi connectivity index (χ1v) is 17.2. The summed E-state index contributed by atoms with van der Waals surface area (Å²) < 4.78 is 0. The normalized spacial score (nSPS) is 12.0. The number of aliphatic hydroxyl groups excluding tert-OH is 2. The van der Waals surface area contributed by atoms with Gasteiger partial charge >= 0.3 is 11.9 Å². The van der Waals surface area contributed by atoms with Crippen molar-refractivity contribution < 1.29 is 40.2 Å². The molecule has 0 unspecified atom stereocenters. The Hall–Kier alpha value is -3.10. The van der Waals surface area contributed by atoms with Gasteiger partial charge in [-0.2, -0.15) is 0 Å². The van der Waals surface area contributed by atoms with E-state index in [1.807, 2.05) is 24.3 Å². The molecule has 0 saturated heterocycles. The lowest BCUT2D eigenvalue weighted by atomic mass is 9.78. The van der Waals surface area contributed by atoms with Crippen molar-refractivity contribution in [1.29, 1.82) is 0 Å². The fraction of sp³-hybridized carbons (Fsp3) is 0.650. The number of benzene rings is 2. The first kappa shape index (κ1) is 44.9. The van der Waals surface area contributed by atoms with Crippen molar-refractivity contribution in [3.05, 3.63) is 57.6 Å². The molecule has 2 rings (SSSR count). The third-order valence-corrected chi connectivity index (χ3v) is 7.89. The Morgan fingerprint density at radius 3 is 0.875 bits per heavy atom. The fourth-order valence-corrected chi connectivity index (χ4v) is 5.04. The van der Waals surface area contributed by atoms with Gasteiger partial charge in [-0.3, -0.25) is 9.59 Å². The van der Waals surface area contributed by atoms with Crippen LogP contribution in [0.5, 0.6) is 11.5 Å². The van der Waals surface area contributed by atoms with E-state index >= 15 is 0 Å². The van der Waals surface area contributed by atoms with Gasteiger partial charge in [0.1, 0.15) is 11.5 Å². The third kappa shape index (κ3) is 16.3. The van der Waals surface area contributed by atoms with E-state index in [9.17, 15) is 19.8 Å². The van der Waals surface area contributed by atoms with Gasteiger partial charge in [0.2, 0.25) is 0 Å². The number of unbranched alkanes of at least 4 members (excludes halogenated alkanes) is 3. The molecule has 0 atom stereocenters. The van der Waals surface area contributed by atoms with Gasteiger partial charge in [-0.15, -0.1) is 0 Å². The standard InChI is InChI=1S/2C17H26O3.C6H14O2/c2*1-16(2,3)12-9-11(7-8-14(18)19)10-13(15(12)20)17(4,5)6;7-5-3-1-2-4-6-8/h2*9-10,20H,7-8H2,1-6H3,(H,18,19);7-8H,1-6H2. The highest BCUT2D eigenvalue weighted by molar-refractivity contribution is 5.67. The summed E-state index contributed by atoms with van der Waals surface area (Å²) in [5, 5.41) is 55.4. The number of carboxylic acids is 2. The predicted octanol–water partition coefficient (Wildman–Crippen LogP) is 8.54. The van der Waals surface area contributed by atoms with Crippen LogP contribution >= 0.6 is 0 Å². The topological polar surface area (TPSA) is 156 Å². The van der Waals surface area contributed by atoms with Crippen LogP contribution in [0, 0.1) is 0 Å². The second-order valence-corrected chi connectivity index (χ2v) is 16.7. The molecule has 0 amide bonds. The summed E-state index contributed by atoms with van der Waals surface area (Å²) >= 11 is 0. The predicted molar refractivity (Wildman–Crippen MR) is 196 cm³/mol. The number of hydrogen-bond acceptors (Lipinski definition) is 6. The van der Waals surface area contributed by atoms with E-state index in [0.29, 0.717) is 24.3 Å². The zero-order valence-corrected chi connectivity index (χ0v) is 31.9. The minimum atomic E-state index is -0.798. The molecule has 6 N–H and O–H groups in total. The van der Waals surface area contributed by atoms with Crippen LogP contribution in [0.4, 0.5) is 0 Å². The summed E-state index contributed by atoms with van der Waals surface area (Å²) in [6.45, 7) is 25.2. The number of phenolic OH excluding ortho intramolecular Hbond substituents is 2. The van der Waals surface area contributed by atoms with Crippen LogP contribution in [0.25, 0.3) is 0 Å². The molecule has 0 aliphatic heterocycles. The molecular weight excluding hydrogens is 608 g/mol. The van der Waals surface area contributed by atoms with Gasteiger partial charge in [0.15, 0.2) is 0 Å². The Morgan fingerprint density at radius 1 is 0.479 bits per heavy atom. The van der Waals surface area contributed by atoms with E-state index in [2.05, 4.69) is 83.1 Å². The summed E-state index contributed by atoms with van der Waals surface area (Å²) in [4.78, 5) is 21.5. The molecule has 2 aromatic carbocycles. The molecule has 48 heavy (non-hydrogen) atoms. The van der Waals surface area contributed by atoms with Crippen LogP contribution in [0.2, 0.25) is 0 Å². The first-order chi connectivity index (χ1) is 21.8. The Kier molecular flexibility index (Phi) is 17.9. The van der Waals surface area contributed by atoms with E-state index in [-0.39, 0.29) is 47.7 Å². The molecule has 0 saturated carbocycles. The number of carbonyl (C=O) groups is 2. The molecule has 0 aliphatic rings. The van der Waals surface area contributed by atoms with E-state index in [1.165, 1.54) is 0 Å². The van der Waals surface area contributed by atoms with E-state index in [0.717, 1.165) is 59.1 Å². The third-order valence-electron chi connectivity index (χ3n) is 7.89. The quantitative estimate of drug-likeness (QED) is 0.130. The molecule has 0 aliphatic carbocycles. The van der Waals surface area contributed by atoms with Crippen LogP contribution in [-0.4, -0.2) is 55.8 Å². The zero-order valence-electron chi connectivity index (χ0n) is 31.9. The maximum absolute atomic E-state index is 10.8. The van der Waals surface area contributed by atoms with Crippen LogP contribution < -0.4 is 0 Å². The molecule has 0 bridgehead atoms. The number of carboxylic acid groups (broad SMARTS) is 2. The monoisotopic (exact) mass is 674 g/mol. The highest BCUT2D eigenvalue weighted by atomic mass is 16.4. The molecule has 8 nitrogen and oxygen atoms in total. The molecule has 0 aromatic heterocycles. The summed E-state index contributed by atoms with van der Waals surface area (Å²) in [5.74, 6) is -0.923. The number of aliphatic hydroxyl groups is 2. The molecule has 0 spiro atoms. The van der Waals surface area contributed by atoms with Crippen LogP contribution in [0.3, 0.4) is 0 Å². The van der Waals surface area contributed by atoms with Crippen molar-refractivity contribution >= 4 is 11.9 Å². The van der Waals surface area contributed by atoms with E-state index in [4.69, 9.17) is 20.4 Å². The maximum Gasteiger partial charge on any atom is 0.303 e. The smallest absolute Gasteiger partial charge is 0.303 e. The maximum atomic E-state index is 10.8. The Bertz CT molecular complexity index is 1130. The second kappa shape index (κ2) is 19.2. The summed E-state index contributed by atoms with van der Waals surface area (Å²) in [5.41, 5.74) is 4.76. The summed E-state index contributed by atoms with van der Waals surface area (Å²) in [6.07, 6.45) is 5.02. The second-order valence-electron chi connectivity index (χ2n) is 16.7. The molecule has 0 fully saturated rings. The molecule has 8 heteroatoms. The largest absolute Gasteiger partial charge is 0.507 e. The molecular formula is C40H66O8. The Labute approximate surface area is 290 Å². The SMILES string of the molecule is CC(C)(C)c1cc(CCC(=O)O)cc(C(C)(C)C)c1O.CC(C)(C)c1cc(CCC(=O)O)cc(C(C)(C)C)c1O.OCCCCCCO. The highest BCUT2D eigenvalue weighted by Gasteiger charge is 2.28. The van der Waals surface area contributed by atoms with Gasteiger partial charge in [0, 0.05) is 26.1 Å². The zero-order chi connectivity index (χ0) is 37.7. The number of hydrogen-bond donors (Lipinski definition) is 6. The van der Waals surface area contributed by atoms with Crippen molar-refractivity contribution in [2.45, 2.75) is 156 Å². The average molecular weight is 675 g/mol. The summed E-state index contributed by atoms with van der Waals surface area (Å²) in [6, 6.07) is 7.75. The van der Waals surface area contributed by atoms with Crippen molar-refractivity contribution in [1.82, 2.24) is 0 Å². The minimum Gasteiger partial charge on any atom is -0.507 e. The molecule has 274 valence electrons. The van der Waals surface area contributed by atoms with Crippen LogP contribution in [0.1, 0.15) is 155 Å². The number of aryl methyl sites for hydroxylation is 2. The lowest BCUT2D eigenvalue weighted by molar-refractivity contribution is -0.138. The van der Waals surface area contributed by atoms with Crippen molar-refractivity contribution in [2.75, 3.05) is 13.2 Å². The lowest BCUT2D eigenvalue weighted by Gasteiger charge is -2.28. The van der Waals surface area contributed by atoms with Crippen molar-refractivity contribution in [3.8, 4) is 11.5 Å². The van der Waals surface area contributed by atoms with Gasteiger partial charge in [0.05, 0.1) is 0 Å². The van der Waals surface area contributed by atoms with Gasteiger partial charge in [0.25, 0.3) is 0 Å². The van der Waals surface area contributed by atoms with Gasteiger partial charge in [-0.1, -0.05) is 120 Å². The average Bonchev–Trinajstić information content (AvgIpc) is 2.92. The Morgan fingerprint density at radius 2 is 0.708 bits per heavy atom. The number of rotatable bonds is 11. The first-order valence-electron chi connectivity index (χ1n) is 17.2. The lowest BCUT2D eigenvalue weighted by Crippen LogP contribution is -2.18. The highest BCUT2D eigenvalue weighted by Crippen LogP contribution is 2.41. The number of phenols is 2. The fourth-order valence-electron chi connectivity index (χ4n) is 5.04. The van der Waals surface area contributed by atoms with Crippen molar-refractivity contribution in [3.63, 3.8) is 0 Å². The Balaban J connectivity index is 0.000000754. The van der Waals surface area contributed by atoms with Crippen molar-refractivity contribution in [2.24, 2.45) is 0 Å². The molecule has 0 radical (unpaired) electrons. The number of aromatic hydroxyl groups is 2. The van der Waals surface area contributed by atoms with E-state index < -0.39 is 11.9 Å². The minimum absolute atomic E-state index is 0.109. The van der Waals surface area contributed by atoms with Gasteiger partial charge < -0.3 is 30.6 Å². The van der Waals surface area contributed by atoms with Gasteiger partial charge in [-0.25, -0.2) is 0 Å². The van der Waals surface area contributed by atoms with Crippen LogP contribution in [0.15, 0.2) is 24.3 Å². The summed E-state index contributed by atoms with van der Waals surface area (Å²) in [7, 11) is 0. The van der Waals surface area contributed by atoms with Crippen LogP contribution in [-0.2, 0) is 44.1 Å². The molecule has 0 heterocycles.